The molecular formula is C17H21N3O. The van der Waals surface area contributed by atoms with Gasteiger partial charge in [0.15, 0.2) is 0 Å². The van der Waals surface area contributed by atoms with Crippen molar-refractivity contribution in [3.63, 3.8) is 0 Å². The van der Waals surface area contributed by atoms with Crippen LogP contribution in [0.5, 0.6) is 0 Å². The Labute approximate surface area is 125 Å². The molecule has 0 fully saturated rings. The Morgan fingerprint density at radius 1 is 1.29 bits per heavy atom. The molecule has 0 saturated heterocycles. The van der Waals surface area contributed by atoms with Crippen molar-refractivity contribution < 1.29 is 4.79 Å². The number of aryl methyl sites for hydroxylation is 2. The summed E-state index contributed by atoms with van der Waals surface area (Å²) in [5.41, 5.74) is 10.4. The van der Waals surface area contributed by atoms with E-state index in [4.69, 9.17) is 5.73 Å². The first-order valence-corrected chi connectivity index (χ1v) is 7.04. The third-order valence-electron chi connectivity index (χ3n) is 3.53. The van der Waals surface area contributed by atoms with Gasteiger partial charge in [0.2, 0.25) is 0 Å². The van der Waals surface area contributed by atoms with Gasteiger partial charge in [-0.15, -0.1) is 0 Å². The van der Waals surface area contributed by atoms with Crippen molar-refractivity contribution in [1.29, 1.82) is 0 Å². The molecule has 1 aromatic carbocycles. The van der Waals surface area contributed by atoms with Gasteiger partial charge in [0.05, 0.1) is 11.7 Å². The van der Waals surface area contributed by atoms with Gasteiger partial charge in [0.1, 0.15) is 0 Å². The van der Waals surface area contributed by atoms with Crippen LogP contribution >= 0.6 is 0 Å². The third kappa shape index (κ3) is 3.67. The molecule has 21 heavy (non-hydrogen) atoms. The highest BCUT2D eigenvalue weighted by Gasteiger charge is 2.13. The van der Waals surface area contributed by atoms with Crippen molar-refractivity contribution in [3.05, 3.63) is 64.5 Å². The van der Waals surface area contributed by atoms with Crippen LogP contribution in [-0.2, 0) is 6.54 Å². The number of amides is 1. The molecule has 2 aromatic rings. The van der Waals surface area contributed by atoms with Gasteiger partial charge in [-0.25, -0.2) is 0 Å². The van der Waals surface area contributed by atoms with E-state index >= 15 is 0 Å². The monoisotopic (exact) mass is 283 g/mol. The van der Waals surface area contributed by atoms with E-state index in [9.17, 15) is 4.79 Å². The topological polar surface area (TPSA) is 68.0 Å². The maximum Gasteiger partial charge on any atom is 0.251 e. The highest BCUT2D eigenvalue weighted by Crippen LogP contribution is 2.19. The number of carbonyl (C=O) groups excluding carboxylic acids is 1. The summed E-state index contributed by atoms with van der Waals surface area (Å²) in [6, 6.07) is 9.62. The Balaban J connectivity index is 2.14. The van der Waals surface area contributed by atoms with E-state index in [2.05, 4.69) is 42.3 Å². The van der Waals surface area contributed by atoms with E-state index < -0.39 is 0 Å². The molecule has 0 aliphatic heterocycles. The lowest BCUT2D eigenvalue weighted by Gasteiger charge is -2.17. The van der Waals surface area contributed by atoms with Crippen molar-refractivity contribution >= 4 is 5.91 Å². The van der Waals surface area contributed by atoms with E-state index in [1.165, 1.54) is 11.1 Å². The predicted octanol–water partition coefficient (Wildman–Crippen LogP) is 2.65. The largest absolute Gasteiger partial charge is 0.346 e. The number of nitrogens with zero attached hydrogens (tertiary/aromatic N) is 1. The lowest BCUT2D eigenvalue weighted by Crippen LogP contribution is -2.27. The summed E-state index contributed by atoms with van der Waals surface area (Å²) in [7, 11) is 0. The highest BCUT2D eigenvalue weighted by atomic mass is 16.1. The second-order valence-corrected chi connectivity index (χ2v) is 5.30. The maximum absolute atomic E-state index is 12.3. The first kappa shape index (κ1) is 15.2. The number of nitrogens with two attached hydrogens (primary N) is 1. The van der Waals surface area contributed by atoms with Crippen LogP contribution in [0.3, 0.4) is 0 Å². The van der Waals surface area contributed by atoms with E-state index in [-0.39, 0.29) is 11.9 Å². The second-order valence-electron chi connectivity index (χ2n) is 5.30. The molecule has 1 atom stereocenters. The van der Waals surface area contributed by atoms with E-state index in [1.54, 1.807) is 18.3 Å². The molecule has 1 unspecified atom stereocenters. The Morgan fingerprint density at radius 3 is 2.71 bits per heavy atom. The maximum atomic E-state index is 12.3. The van der Waals surface area contributed by atoms with Crippen LogP contribution in [0.15, 0.2) is 36.5 Å². The number of pyridine rings is 1. The van der Waals surface area contributed by atoms with Crippen LogP contribution in [0.25, 0.3) is 0 Å². The van der Waals surface area contributed by atoms with Crippen LogP contribution in [0.1, 0.15) is 45.7 Å². The highest BCUT2D eigenvalue weighted by molar-refractivity contribution is 5.94. The fraction of sp³-hybridized carbons (Fsp3) is 0.294. The quantitative estimate of drug-likeness (QED) is 0.906. The van der Waals surface area contributed by atoms with Crippen LogP contribution in [0.2, 0.25) is 0 Å². The molecule has 1 aromatic heterocycles. The van der Waals surface area contributed by atoms with E-state index in [1.807, 2.05) is 6.92 Å². The average molecular weight is 283 g/mol. The minimum Gasteiger partial charge on any atom is -0.346 e. The van der Waals surface area contributed by atoms with Crippen molar-refractivity contribution in [2.45, 2.75) is 33.4 Å². The lowest BCUT2D eigenvalue weighted by atomic mass is 10.00. The van der Waals surface area contributed by atoms with Gasteiger partial charge in [0.25, 0.3) is 5.91 Å². The number of hydrogen-bond donors (Lipinski definition) is 2. The van der Waals surface area contributed by atoms with Crippen molar-refractivity contribution in [1.82, 2.24) is 10.3 Å². The Bertz CT molecular complexity index is 652. The summed E-state index contributed by atoms with van der Waals surface area (Å²) in [5, 5.41) is 3.02. The second kappa shape index (κ2) is 6.50. The Kier molecular flexibility index (Phi) is 4.70. The fourth-order valence-corrected chi connectivity index (χ4v) is 2.40. The zero-order chi connectivity index (χ0) is 15.4. The molecule has 4 nitrogen and oxygen atoms in total. The van der Waals surface area contributed by atoms with Gasteiger partial charge in [-0.05, 0) is 44.0 Å². The van der Waals surface area contributed by atoms with Gasteiger partial charge in [0, 0.05) is 18.3 Å². The number of carbonyl (C=O) groups is 1. The van der Waals surface area contributed by atoms with Crippen LogP contribution in [0, 0.1) is 13.8 Å². The average Bonchev–Trinajstić information content (AvgIpc) is 2.47. The first-order chi connectivity index (χ1) is 10.0. The van der Waals surface area contributed by atoms with E-state index in [0.717, 1.165) is 5.56 Å². The molecule has 4 heteroatoms. The number of aromatic nitrogens is 1. The molecule has 1 heterocycles. The molecule has 0 saturated carbocycles. The lowest BCUT2D eigenvalue weighted by molar-refractivity contribution is 0.0939. The minimum atomic E-state index is -0.112. The van der Waals surface area contributed by atoms with Crippen LogP contribution < -0.4 is 11.1 Å². The minimum absolute atomic E-state index is 0.0485. The summed E-state index contributed by atoms with van der Waals surface area (Å²) in [6.07, 6.45) is 1.61. The van der Waals surface area contributed by atoms with Gasteiger partial charge < -0.3 is 11.1 Å². The number of nitrogens with one attached hydrogen (secondary N) is 1. The van der Waals surface area contributed by atoms with Crippen LogP contribution in [-0.4, -0.2) is 10.9 Å². The molecule has 110 valence electrons. The van der Waals surface area contributed by atoms with Crippen molar-refractivity contribution in [3.8, 4) is 0 Å². The summed E-state index contributed by atoms with van der Waals surface area (Å²) in [6.45, 7) is 6.43. The van der Waals surface area contributed by atoms with Crippen LogP contribution in [0.4, 0.5) is 0 Å². The third-order valence-corrected chi connectivity index (χ3v) is 3.53. The van der Waals surface area contributed by atoms with Gasteiger partial charge in [-0.1, -0.05) is 23.8 Å². The fourth-order valence-electron chi connectivity index (χ4n) is 2.40. The molecule has 0 bridgehead atoms. The molecule has 3 N–H and O–H groups in total. The zero-order valence-electron chi connectivity index (χ0n) is 12.7. The molecule has 0 aliphatic carbocycles. The molecule has 2 rings (SSSR count). The Hall–Kier alpha value is -2.20. The van der Waals surface area contributed by atoms with Gasteiger partial charge in [-0.3, -0.25) is 9.78 Å². The normalized spacial score (nSPS) is 12.0. The van der Waals surface area contributed by atoms with Crippen molar-refractivity contribution in [2.24, 2.45) is 5.73 Å². The standard InChI is InChI=1S/C17H21N3O/c1-11-4-5-16(12(2)8-11)13(3)20-17(21)14-6-7-19-15(9-14)10-18/h4-9,13H,10,18H2,1-3H3,(H,20,21). The number of hydrogen-bond acceptors (Lipinski definition) is 3. The van der Waals surface area contributed by atoms with Gasteiger partial charge in [-0.2, -0.15) is 0 Å². The predicted molar refractivity (Wildman–Crippen MR) is 83.9 cm³/mol. The van der Waals surface area contributed by atoms with Gasteiger partial charge >= 0.3 is 0 Å². The Morgan fingerprint density at radius 2 is 2.05 bits per heavy atom. The summed E-state index contributed by atoms with van der Waals surface area (Å²) >= 11 is 0. The molecular weight excluding hydrogens is 262 g/mol. The smallest absolute Gasteiger partial charge is 0.251 e. The summed E-state index contributed by atoms with van der Waals surface area (Å²) in [5.74, 6) is -0.112. The zero-order valence-corrected chi connectivity index (χ0v) is 12.7. The summed E-state index contributed by atoms with van der Waals surface area (Å²) < 4.78 is 0. The van der Waals surface area contributed by atoms with Crippen molar-refractivity contribution in [2.75, 3.05) is 0 Å². The molecule has 0 aliphatic rings. The molecule has 0 radical (unpaired) electrons. The first-order valence-electron chi connectivity index (χ1n) is 7.04. The summed E-state index contributed by atoms with van der Waals surface area (Å²) in [4.78, 5) is 16.4. The molecule has 1 amide bonds. The molecule has 0 spiro atoms. The number of benzene rings is 1. The number of rotatable bonds is 4. The van der Waals surface area contributed by atoms with E-state index in [0.29, 0.717) is 17.8 Å². The SMILES string of the molecule is Cc1ccc(C(C)NC(=O)c2ccnc(CN)c2)c(C)c1.